The summed E-state index contributed by atoms with van der Waals surface area (Å²) in [7, 11) is 2.12. The van der Waals surface area contributed by atoms with Crippen LogP contribution in [0.4, 0.5) is 5.69 Å². The zero-order valence-corrected chi connectivity index (χ0v) is 22.3. The number of carbonyl (C=O) groups is 2. The van der Waals surface area contributed by atoms with Crippen LogP contribution in [-0.4, -0.2) is 75.0 Å². The fraction of sp³-hybridized carbons (Fsp3) is 0.714. The molecule has 3 aliphatic heterocycles. The summed E-state index contributed by atoms with van der Waals surface area (Å²) in [6.45, 7) is 8.95. The number of amides is 2. The van der Waals surface area contributed by atoms with E-state index in [2.05, 4.69) is 40.9 Å². The van der Waals surface area contributed by atoms with Crippen molar-refractivity contribution in [3.05, 3.63) is 28.8 Å². The van der Waals surface area contributed by atoms with E-state index >= 15 is 0 Å². The van der Waals surface area contributed by atoms with Gasteiger partial charge in [-0.25, -0.2) is 0 Å². The molecule has 0 bridgehead atoms. The Morgan fingerprint density at radius 1 is 1.19 bits per heavy atom. The topological polar surface area (TPSA) is 103 Å². The lowest BCUT2D eigenvalue weighted by molar-refractivity contribution is -0.129. The van der Waals surface area contributed by atoms with Gasteiger partial charge < -0.3 is 30.7 Å². The summed E-state index contributed by atoms with van der Waals surface area (Å²) < 4.78 is 5.58. The van der Waals surface area contributed by atoms with E-state index in [1.165, 1.54) is 0 Å². The Balaban J connectivity index is 1.58. The van der Waals surface area contributed by atoms with Crippen molar-refractivity contribution in [2.24, 2.45) is 11.8 Å². The zero-order valence-electron chi connectivity index (χ0n) is 22.3. The van der Waals surface area contributed by atoms with Crippen molar-refractivity contribution < 1.29 is 19.4 Å². The molecule has 4 N–H and O–H groups in total. The van der Waals surface area contributed by atoms with Gasteiger partial charge in [0.2, 0.25) is 5.91 Å². The van der Waals surface area contributed by atoms with Crippen molar-refractivity contribution in [2.75, 3.05) is 44.9 Å². The molecule has 36 heavy (non-hydrogen) atoms. The summed E-state index contributed by atoms with van der Waals surface area (Å²) in [6, 6.07) is 5.00. The second kappa shape index (κ2) is 11.9. The molecule has 200 valence electrons. The molecule has 0 aliphatic carbocycles. The van der Waals surface area contributed by atoms with Gasteiger partial charge in [-0.1, -0.05) is 6.92 Å². The van der Waals surface area contributed by atoms with Gasteiger partial charge in [-0.2, -0.15) is 0 Å². The summed E-state index contributed by atoms with van der Waals surface area (Å²) in [5, 5.41) is 19.1. The maximum absolute atomic E-state index is 13.5. The molecule has 3 saturated heterocycles. The van der Waals surface area contributed by atoms with E-state index in [-0.39, 0.29) is 48.3 Å². The molecule has 1 aromatic rings. The first-order chi connectivity index (χ1) is 17.3. The number of rotatable bonds is 7. The third-order valence-electron chi connectivity index (χ3n) is 8.59. The van der Waals surface area contributed by atoms with E-state index in [9.17, 15) is 14.7 Å². The smallest absolute Gasteiger partial charge is 0.251 e. The Kier molecular flexibility index (Phi) is 8.91. The van der Waals surface area contributed by atoms with Crippen LogP contribution in [0.25, 0.3) is 0 Å². The summed E-state index contributed by atoms with van der Waals surface area (Å²) in [5.41, 5.74) is 3.90. The van der Waals surface area contributed by atoms with Crippen molar-refractivity contribution >= 4 is 17.5 Å². The summed E-state index contributed by atoms with van der Waals surface area (Å²) >= 11 is 0. The first-order valence-electron chi connectivity index (χ1n) is 13.7. The Bertz CT molecular complexity index is 924. The van der Waals surface area contributed by atoms with Gasteiger partial charge in [0.05, 0.1) is 12.5 Å². The molecule has 5 atom stereocenters. The molecule has 1 aromatic carbocycles. The Morgan fingerprint density at radius 2 is 1.94 bits per heavy atom. The molecule has 5 unspecified atom stereocenters. The fourth-order valence-electron chi connectivity index (χ4n) is 6.16. The third-order valence-corrected chi connectivity index (χ3v) is 8.59. The average Bonchev–Trinajstić information content (AvgIpc) is 2.88. The summed E-state index contributed by atoms with van der Waals surface area (Å²) in [4.78, 5) is 28.4. The minimum absolute atomic E-state index is 0.0266. The minimum Gasteiger partial charge on any atom is -0.395 e. The van der Waals surface area contributed by atoms with E-state index in [4.69, 9.17) is 4.74 Å². The molecular formula is C28H44N4O4. The van der Waals surface area contributed by atoms with Crippen LogP contribution < -0.4 is 20.9 Å². The van der Waals surface area contributed by atoms with Crippen LogP contribution in [0.5, 0.6) is 0 Å². The van der Waals surface area contributed by atoms with E-state index in [1.807, 2.05) is 19.9 Å². The van der Waals surface area contributed by atoms with Crippen LogP contribution in [0.3, 0.4) is 0 Å². The highest BCUT2D eigenvalue weighted by Crippen LogP contribution is 2.34. The van der Waals surface area contributed by atoms with Crippen LogP contribution in [0.2, 0.25) is 0 Å². The number of hydrogen-bond donors (Lipinski definition) is 4. The van der Waals surface area contributed by atoms with Gasteiger partial charge in [0.25, 0.3) is 5.91 Å². The lowest BCUT2D eigenvalue weighted by Crippen LogP contribution is -2.50. The van der Waals surface area contributed by atoms with Gasteiger partial charge in [0.15, 0.2) is 0 Å². The van der Waals surface area contributed by atoms with Gasteiger partial charge in [-0.05, 0) is 81.0 Å². The molecule has 2 amide bonds. The molecule has 8 heteroatoms. The zero-order chi connectivity index (χ0) is 25.8. The molecule has 0 radical (unpaired) electrons. The van der Waals surface area contributed by atoms with E-state index in [0.717, 1.165) is 68.7 Å². The number of piperidine rings is 2. The first kappa shape index (κ1) is 26.9. The number of aliphatic hydroxyl groups is 1. The van der Waals surface area contributed by atoms with Crippen molar-refractivity contribution in [1.29, 1.82) is 0 Å². The molecule has 0 saturated carbocycles. The highest BCUT2D eigenvalue weighted by Gasteiger charge is 2.33. The summed E-state index contributed by atoms with van der Waals surface area (Å²) in [5.74, 6) is 0.207. The summed E-state index contributed by atoms with van der Waals surface area (Å²) in [6.07, 6.45) is 4.75. The molecule has 3 aliphatic rings. The van der Waals surface area contributed by atoms with Gasteiger partial charge >= 0.3 is 0 Å². The maximum Gasteiger partial charge on any atom is 0.251 e. The minimum atomic E-state index is -0.212. The quantitative estimate of drug-likeness (QED) is 0.458. The molecular weight excluding hydrogens is 456 g/mol. The Hall–Kier alpha value is -2.16. The Labute approximate surface area is 215 Å². The van der Waals surface area contributed by atoms with E-state index in [0.29, 0.717) is 18.2 Å². The van der Waals surface area contributed by atoms with Crippen LogP contribution in [0.15, 0.2) is 12.1 Å². The van der Waals surface area contributed by atoms with Gasteiger partial charge in [0, 0.05) is 62.7 Å². The van der Waals surface area contributed by atoms with Crippen molar-refractivity contribution in [1.82, 2.24) is 16.0 Å². The fourth-order valence-corrected chi connectivity index (χ4v) is 6.16. The lowest BCUT2D eigenvalue weighted by Gasteiger charge is -2.36. The number of benzene rings is 1. The molecule has 8 nitrogen and oxygen atoms in total. The van der Waals surface area contributed by atoms with Crippen LogP contribution in [0, 0.1) is 18.8 Å². The largest absolute Gasteiger partial charge is 0.395 e. The number of ether oxygens (including phenoxy) is 1. The van der Waals surface area contributed by atoms with Crippen LogP contribution >= 0.6 is 0 Å². The maximum atomic E-state index is 13.5. The molecule has 3 heterocycles. The van der Waals surface area contributed by atoms with Gasteiger partial charge in [-0.15, -0.1) is 0 Å². The van der Waals surface area contributed by atoms with Gasteiger partial charge in [-0.3, -0.25) is 9.59 Å². The normalized spacial score (nSPS) is 29.5. The highest BCUT2D eigenvalue weighted by molar-refractivity contribution is 5.97. The Morgan fingerprint density at radius 3 is 2.58 bits per heavy atom. The molecule has 4 rings (SSSR count). The predicted octanol–water partition coefficient (Wildman–Crippen LogP) is 2.33. The van der Waals surface area contributed by atoms with Crippen molar-refractivity contribution in [2.45, 2.75) is 76.9 Å². The second-order valence-corrected chi connectivity index (χ2v) is 11.2. The average molecular weight is 501 g/mol. The van der Waals surface area contributed by atoms with Crippen LogP contribution in [0.1, 0.15) is 73.4 Å². The molecule has 3 fully saturated rings. The van der Waals surface area contributed by atoms with Crippen molar-refractivity contribution in [3.63, 3.8) is 0 Å². The first-order valence-corrected chi connectivity index (χ1v) is 13.7. The van der Waals surface area contributed by atoms with Crippen LogP contribution in [-0.2, 0) is 9.53 Å². The highest BCUT2D eigenvalue weighted by atomic mass is 16.5. The number of anilines is 1. The standard InChI is InChI=1S/C28H44N4O4/c1-17-11-18(2)31-28(35)25(17)15-30-27(34)24-12-21(20-5-6-22(16-33)29-14-20)13-26(19(24)3)32(4)23-7-9-36-10-8-23/h12-13,17-18,20,22-23,25,29,33H,5-11,14-16H2,1-4H3,(H,30,34)(H,31,35). The SMILES string of the molecule is Cc1c(C(=O)NCC2C(=O)NC(C)CC2C)cc(C2CCC(CO)NC2)cc1N(C)C1CCOCC1. The lowest BCUT2D eigenvalue weighted by atomic mass is 9.84. The third kappa shape index (κ3) is 6.03. The van der Waals surface area contributed by atoms with E-state index < -0.39 is 0 Å². The number of nitrogens with one attached hydrogen (secondary N) is 3. The molecule has 0 spiro atoms. The number of aliphatic hydroxyl groups excluding tert-OH is 1. The monoisotopic (exact) mass is 500 g/mol. The number of nitrogens with zero attached hydrogens (tertiary/aromatic N) is 1. The number of hydrogen-bond acceptors (Lipinski definition) is 6. The molecule has 0 aromatic heterocycles. The number of carbonyl (C=O) groups excluding carboxylic acids is 2. The van der Waals surface area contributed by atoms with Gasteiger partial charge in [0.1, 0.15) is 0 Å². The van der Waals surface area contributed by atoms with Crippen molar-refractivity contribution in [3.8, 4) is 0 Å². The van der Waals surface area contributed by atoms with E-state index in [1.54, 1.807) is 0 Å². The second-order valence-electron chi connectivity index (χ2n) is 11.2. The predicted molar refractivity (Wildman–Crippen MR) is 141 cm³/mol.